The molecule has 20 heavy (non-hydrogen) atoms. The summed E-state index contributed by atoms with van der Waals surface area (Å²) in [6.45, 7) is 0. The predicted octanol–water partition coefficient (Wildman–Crippen LogP) is 2.49. The van der Waals surface area contributed by atoms with Crippen LogP contribution in [-0.2, 0) is 5.75 Å². The fraction of sp³-hybridized carbons (Fsp3) is 0.154. The molecule has 0 spiro atoms. The summed E-state index contributed by atoms with van der Waals surface area (Å²) in [4.78, 5) is 26.6. The van der Waals surface area contributed by atoms with Crippen LogP contribution in [0.25, 0.3) is 0 Å². The van der Waals surface area contributed by atoms with Crippen molar-refractivity contribution in [1.82, 2.24) is 4.98 Å². The molecule has 0 bridgehead atoms. The number of carboxylic acids is 1. The second-order valence-electron chi connectivity index (χ2n) is 3.89. The van der Waals surface area contributed by atoms with Crippen molar-refractivity contribution in [1.29, 1.82) is 0 Å². The lowest BCUT2D eigenvalue weighted by atomic mass is 10.2. The lowest BCUT2D eigenvalue weighted by Gasteiger charge is -2.03. The number of amides is 1. The Morgan fingerprint density at radius 2 is 2.20 bits per heavy atom. The number of hydrogen-bond acceptors (Lipinski definition) is 5. The Balaban J connectivity index is 2.10. The summed E-state index contributed by atoms with van der Waals surface area (Å²) in [5.41, 5.74) is 0.0535. The second kappa shape index (κ2) is 6.25. The lowest BCUT2D eigenvalue weighted by Crippen LogP contribution is -2.12. The largest absolute Gasteiger partial charge is 0.478 e. The molecule has 0 saturated carbocycles. The molecule has 0 aliphatic carbocycles. The minimum atomic E-state index is -1.08. The van der Waals surface area contributed by atoms with Gasteiger partial charge in [-0.25, -0.2) is 9.78 Å². The summed E-state index contributed by atoms with van der Waals surface area (Å²) < 4.78 is 5.36. The van der Waals surface area contributed by atoms with Gasteiger partial charge in [-0.3, -0.25) is 4.79 Å². The van der Waals surface area contributed by atoms with Gasteiger partial charge in [0.2, 0.25) is 0 Å². The molecule has 0 unspecified atom stereocenters. The third-order valence-corrected chi connectivity index (χ3v) is 2.99. The maximum Gasteiger partial charge on any atom is 0.335 e. The summed E-state index contributed by atoms with van der Waals surface area (Å²) in [6.07, 6.45) is 3.25. The molecule has 0 saturated heterocycles. The molecule has 0 fully saturated rings. The van der Waals surface area contributed by atoms with Crippen LogP contribution < -0.4 is 5.32 Å². The molecule has 2 heterocycles. The number of nitrogens with zero attached hydrogens (tertiary/aromatic N) is 1. The van der Waals surface area contributed by atoms with E-state index in [-0.39, 0.29) is 17.1 Å². The Morgan fingerprint density at radius 3 is 2.90 bits per heavy atom. The number of anilines is 1. The van der Waals surface area contributed by atoms with Gasteiger partial charge in [0.05, 0.1) is 11.3 Å². The summed E-state index contributed by atoms with van der Waals surface area (Å²) in [6, 6.07) is 5.93. The van der Waals surface area contributed by atoms with Gasteiger partial charge in [0.1, 0.15) is 11.6 Å². The molecule has 0 atom stereocenters. The van der Waals surface area contributed by atoms with Crippen molar-refractivity contribution in [2.75, 3.05) is 11.6 Å². The maximum atomic E-state index is 11.9. The molecular weight excluding hydrogens is 280 g/mol. The van der Waals surface area contributed by atoms with E-state index in [1.807, 2.05) is 6.26 Å². The fourth-order valence-corrected chi connectivity index (χ4v) is 1.97. The van der Waals surface area contributed by atoms with Gasteiger partial charge in [-0.15, -0.1) is 0 Å². The topological polar surface area (TPSA) is 92.4 Å². The van der Waals surface area contributed by atoms with E-state index < -0.39 is 11.9 Å². The van der Waals surface area contributed by atoms with Crippen LogP contribution in [0.3, 0.4) is 0 Å². The number of furan rings is 1. The molecular formula is C13H12N2O4S. The Labute approximate surface area is 119 Å². The Morgan fingerprint density at radius 1 is 1.40 bits per heavy atom. The van der Waals surface area contributed by atoms with Crippen LogP contribution in [0.4, 0.5) is 5.82 Å². The first kappa shape index (κ1) is 14.1. The van der Waals surface area contributed by atoms with Crippen LogP contribution in [-0.4, -0.2) is 28.2 Å². The van der Waals surface area contributed by atoms with Gasteiger partial charge >= 0.3 is 5.97 Å². The summed E-state index contributed by atoms with van der Waals surface area (Å²) >= 11 is 1.59. The molecule has 1 amide bonds. The summed E-state index contributed by atoms with van der Waals surface area (Å²) in [5, 5.41) is 11.4. The highest BCUT2D eigenvalue weighted by Gasteiger charge is 2.13. The number of pyridine rings is 1. The number of thioether (sulfide) groups is 1. The molecule has 104 valence electrons. The van der Waals surface area contributed by atoms with Crippen molar-refractivity contribution in [3.8, 4) is 0 Å². The van der Waals surface area contributed by atoms with Crippen molar-refractivity contribution < 1.29 is 19.1 Å². The normalized spacial score (nSPS) is 10.2. The quantitative estimate of drug-likeness (QED) is 0.879. The van der Waals surface area contributed by atoms with Gasteiger partial charge in [0.25, 0.3) is 5.91 Å². The molecule has 0 aliphatic heterocycles. The van der Waals surface area contributed by atoms with E-state index in [4.69, 9.17) is 9.52 Å². The number of nitrogens with one attached hydrogen (secondary N) is 1. The molecule has 0 aliphatic rings. The molecule has 2 aromatic rings. The minimum absolute atomic E-state index is 0.0535. The summed E-state index contributed by atoms with van der Waals surface area (Å²) in [7, 11) is 0. The molecule has 6 nitrogen and oxygen atoms in total. The number of carbonyl (C=O) groups excluding carboxylic acids is 1. The average Bonchev–Trinajstić information content (AvgIpc) is 2.88. The molecule has 2 aromatic heterocycles. The monoisotopic (exact) mass is 292 g/mol. The SMILES string of the molecule is CSCc1ccc(C(=O)Nc2cc(C(=O)O)ccn2)o1. The highest BCUT2D eigenvalue weighted by atomic mass is 32.2. The standard InChI is InChI=1S/C13H12N2O4S/c1-20-7-9-2-3-10(19-9)12(16)15-11-6-8(13(17)18)4-5-14-11/h2-6H,7H2,1H3,(H,17,18)(H,14,15,16). The zero-order valence-corrected chi connectivity index (χ0v) is 11.4. The number of carbonyl (C=O) groups is 2. The van der Waals surface area contributed by atoms with Crippen molar-refractivity contribution in [3.05, 3.63) is 47.5 Å². The van der Waals surface area contributed by atoms with E-state index in [1.54, 1.807) is 23.9 Å². The third kappa shape index (κ3) is 3.39. The fourth-order valence-electron chi connectivity index (χ4n) is 1.53. The zero-order valence-electron chi connectivity index (χ0n) is 10.6. The zero-order chi connectivity index (χ0) is 14.5. The third-order valence-electron chi connectivity index (χ3n) is 2.42. The van der Waals surface area contributed by atoms with Crippen molar-refractivity contribution in [2.24, 2.45) is 0 Å². The molecule has 0 radical (unpaired) electrons. The summed E-state index contributed by atoms with van der Waals surface area (Å²) in [5.74, 6) is 0.166. The van der Waals surface area contributed by atoms with Crippen LogP contribution >= 0.6 is 11.8 Å². The first-order chi connectivity index (χ1) is 9.60. The van der Waals surface area contributed by atoms with E-state index in [0.717, 1.165) is 0 Å². The number of hydrogen-bond donors (Lipinski definition) is 2. The number of carboxylic acid groups (broad SMARTS) is 1. The smallest absolute Gasteiger partial charge is 0.335 e. The number of aromatic carboxylic acids is 1. The van der Waals surface area contributed by atoms with Gasteiger partial charge in [-0.2, -0.15) is 11.8 Å². The van der Waals surface area contributed by atoms with Gasteiger partial charge < -0.3 is 14.8 Å². The molecule has 0 aromatic carbocycles. The second-order valence-corrected chi connectivity index (χ2v) is 4.75. The van der Waals surface area contributed by atoms with Gasteiger partial charge in [0.15, 0.2) is 5.76 Å². The number of rotatable bonds is 5. The molecule has 2 N–H and O–H groups in total. The van der Waals surface area contributed by atoms with Crippen LogP contribution in [0.5, 0.6) is 0 Å². The average molecular weight is 292 g/mol. The van der Waals surface area contributed by atoms with E-state index in [1.165, 1.54) is 18.3 Å². The molecule has 7 heteroatoms. The van der Waals surface area contributed by atoms with Gasteiger partial charge in [-0.05, 0) is 30.5 Å². The lowest BCUT2D eigenvalue weighted by molar-refractivity contribution is 0.0696. The first-order valence-corrected chi connectivity index (χ1v) is 7.08. The van der Waals surface area contributed by atoms with Crippen molar-refractivity contribution in [3.63, 3.8) is 0 Å². The van der Waals surface area contributed by atoms with Crippen LogP contribution in [0.1, 0.15) is 26.7 Å². The van der Waals surface area contributed by atoms with Crippen LogP contribution in [0, 0.1) is 0 Å². The van der Waals surface area contributed by atoms with E-state index in [2.05, 4.69) is 10.3 Å². The van der Waals surface area contributed by atoms with E-state index >= 15 is 0 Å². The number of aromatic nitrogens is 1. The first-order valence-electron chi connectivity index (χ1n) is 5.68. The highest BCUT2D eigenvalue weighted by molar-refractivity contribution is 7.97. The minimum Gasteiger partial charge on any atom is -0.478 e. The molecule has 2 rings (SSSR count). The van der Waals surface area contributed by atoms with E-state index in [0.29, 0.717) is 11.5 Å². The predicted molar refractivity (Wildman–Crippen MR) is 75.1 cm³/mol. The van der Waals surface area contributed by atoms with Crippen LogP contribution in [0.15, 0.2) is 34.9 Å². The Bertz CT molecular complexity index is 639. The van der Waals surface area contributed by atoms with E-state index in [9.17, 15) is 9.59 Å². The highest BCUT2D eigenvalue weighted by Crippen LogP contribution is 2.15. The van der Waals surface area contributed by atoms with Crippen LogP contribution in [0.2, 0.25) is 0 Å². The Kier molecular flexibility index (Phi) is 4.41. The van der Waals surface area contributed by atoms with Crippen molar-refractivity contribution in [2.45, 2.75) is 5.75 Å². The van der Waals surface area contributed by atoms with Crippen molar-refractivity contribution >= 4 is 29.5 Å². The Hall–Kier alpha value is -2.28. The van der Waals surface area contributed by atoms with Gasteiger partial charge in [-0.1, -0.05) is 0 Å². The van der Waals surface area contributed by atoms with Gasteiger partial charge in [0, 0.05) is 6.20 Å². The maximum absolute atomic E-state index is 11.9.